The van der Waals surface area contributed by atoms with E-state index in [1.807, 2.05) is 4.90 Å². The molecule has 0 radical (unpaired) electrons. The van der Waals surface area contributed by atoms with Crippen molar-refractivity contribution in [1.82, 2.24) is 10.2 Å². The lowest BCUT2D eigenvalue weighted by molar-refractivity contribution is -0.132. The molecule has 1 rings (SSSR count). The minimum absolute atomic E-state index is 0.101. The van der Waals surface area contributed by atoms with Crippen molar-refractivity contribution in [3.05, 3.63) is 0 Å². The predicted molar refractivity (Wildman–Crippen MR) is 81.6 cm³/mol. The van der Waals surface area contributed by atoms with Crippen molar-refractivity contribution in [1.29, 1.82) is 0 Å². The molecule has 0 unspecified atom stereocenters. The molecule has 1 aliphatic heterocycles. The van der Waals surface area contributed by atoms with Crippen molar-refractivity contribution in [2.24, 2.45) is 5.73 Å². The Kier molecular flexibility index (Phi) is 9.01. The number of unbranched alkanes of at least 4 members (excludes halogenated alkanes) is 3. The Morgan fingerprint density at radius 3 is 2.43 bits per heavy atom. The number of amides is 2. The van der Waals surface area contributed by atoms with Gasteiger partial charge in [-0.2, -0.15) is 0 Å². The summed E-state index contributed by atoms with van der Waals surface area (Å²) in [7, 11) is 0. The zero-order valence-corrected chi connectivity index (χ0v) is 12.9. The van der Waals surface area contributed by atoms with Crippen LogP contribution in [0.3, 0.4) is 0 Å². The third-order valence-electron chi connectivity index (χ3n) is 3.87. The molecule has 0 bridgehead atoms. The predicted octanol–water partition coefficient (Wildman–Crippen LogP) is 0.385. The Labute approximate surface area is 127 Å². The summed E-state index contributed by atoms with van der Waals surface area (Å²) in [5.41, 5.74) is 5.19. The number of nitrogens with one attached hydrogen (secondary N) is 1. The van der Waals surface area contributed by atoms with Crippen LogP contribution >= 0.6 is 0 Å². The van der Waals surface area contributed by atoms with Crippen LogP contribution in [0.1, 0.15) is 51.4 Å². The van der Waals surface area contributed by atoms with Crippen LogP contribution in [0.15, 0.2) is 0 Å². The van der Waals surface area contributed by atoms with E-state index in [-0.39, 0.29) is 30.9 Å². The molecule has 1 aliphatic rings. The monoisotopic (exact) mass is 299 g/mol. The van der Waals surface area contributed by atoms with Gasteiger partial charge in [0.1, 0.15) is 0 Å². The van der Waals surface area contributed by atoms with Gasteiger partial charge in [-0.3, -0.25) is 9.59 Å². The first-order chi connectivity index (χ1) is 10.1. The Balaban J connectivity index is 2.32. The summed E-state index contributed by atoms with van der Waals surface area (Å²) in [5, 5.41) is 12.0. The Hall–Kier alpha value is -1.14. The second kappa shape index (κ2) is 10.6. The Morgan fingerprint density at radius 1 is 1.14 bits per heavy atom. The normalized spacial score (nSPS) is 16.1. The van der Waals surface area contributed by atoms with Gasteiger partial charge in [-0.15, -0.1) is 0 Å². The van der Waals surface area contributed by atoms with Gasteiger partial charge < -0.3 is 21.1 Å². The van der Waals surface area contributed by atoms with Crippen LogP contribution in [0.4, 0.5) is 0 Å². The molecule has 0 saturated carbocycles. The van der Waals surface area contributed by atoms with Crippen molar-refractivity contribution in [2.75, 3.05) is 26.2 Å². The highest BCUT2D eigenvalue weighted by Gasteiger charge is 2.26. The van der Waals surface area contributed by atoms with Gasteiger partial charge in [-0.1, -0.05) is 12.8 Å². The molecule has 0 aromatic rings. The first kappa shape index (κ1) is 17.9. The van der Waals surface area contributed by atoms with Crippen LogP contribution in [0.5, 0.6) is 0 Å². The molecular formula is C15H29N3O3. The van der Waals surface area contributed by atoms with Crippen LogP contribution in [-0.2, 0) is 9.59 Å². The summed E-state index contributed by atoms with van der Waals surface area (Å²) in [6.45, 7) is 2.64. The lowest BCUT2D eigenvalue weighted by Gasteiger charge is -2.24. The van der Waals surface area contributed by atoms with Crippen molar-refractivity contribution < 1.29 is 14.7 Å². The maximum absolute atomic E-state index is 12.4. The van der Waals surface area contributed by atoms with Crippen LogP contribution < -0.4 is 11.1 Å². The second-order valence-corrected chi connectivity index (χ2v) is 5.68. The van der Waals surface area contributed by atoms with Gasteiger partial charge in [-0.25, -0.2) is 0 Å². The molecule has 6 heteroatoms. The summed E-state index contributed by atoms with van der Waals surface area (Å²) >= 11 is 0. The zero-order chi connectivity index (χ0) is 15.5. The molecule has 21 heavy (non-hydrogen) atoms. The minimum atomic E-state index is -0.362. The van der Waals surface area contributed by atoms with Crippen molar-refractivity contribution in [3.8, 4) is 0 Å². The number of carbonyl (C=O) groups is 2. The minimum Gasteiger partial charge on any atom is -0.396 e. The number of likely N-dealkylation sites (tertiary alicyclic amines) is 1. The topological polar surface area (TPSA) is 95.7 Å². The fourth-order valence-electron chi connectivity index (χ4n) is 2.62. The zero-order valence-electron chi connectivity index (χ0n) is 12.9. The molecule has 1 fully saturated rings. The van der Waals surface area contributed by atoms with E-state index in [0.717, 1.165) is 58.2 Å². The molecular weight excluding hydrogens is 270 g/mol. The molecule has 0 aromatic heterocycles. The van der Waals surface area contributed by atoms with Crippen molar-refractivity contribution in [3.63, 3.8) is 0 Å². The number of nitrogens with two attached hydrogens (primary N) is 1. The molecule has 122 valence electrons. The van der Waals surface area contributed by atoms with Gasteiger partial charge in [0.2, 0.25) is 11.8 Å². The van der Waals surface area contributed by atoms with E-state index < -0.39 is 0 Å². The van der Waals surface area contributed by atoms with Crippen molar-refractivity contribution in [2.45, 2.75) is 57.4 Å². The average Bonchev–Trinajstić information content (AvgIpc) is 2.99. The number of primary amides is 1. The average molecular weight is 299 g/mol. The summed E-state index contributed by atoms with van der Waals surface area (Å²) < 4.78 is 0. The van der Waals surface area contributed by atoms with Gasteiger partial charge in [0, 0.05) is 26.1 Å². The standard InChI is InChI=1S/C15H29N3O3/c16-14(20)8-7-13(15(21)18-10-4-5-11-18)17-9-3-1-2-6-12-19/h13,17,19H,1-12H2,(H2,16,20)/t13-/m0/s1. The highest BCUT2D eigenvalue weighted by molar-refractivity contribution is 5.83. The van der Waals surface area contributed by atoms with Crippen LogP contribution in [0.25, 0.3) is 0 Å². The summed E-state index contributed by atoms with van der Waals surface area (Å²) in [5.74, 6) is -0.261. The lowest BCUT2D eigenvalue weighted by Crippen LogP contribution is -2.46. The van der Waals surface area contributed by atoms with Crippen molar-refractivity contribution >= 4 is 11.8 Å². The third-order valence-corrected chi connectivity index (χ3v) is 3.87. The number of hydrogen-bond donors (Lipinski definition) is 3. The summed E-state index contributed by atoms with van der Waals surface area (Å²) in [4.78, 5) is 25.2. The largest absolute Gasteiger partial charge is 0.396 e. The summed E-state index contributed by atoms with van der Waals surface area (Å²) in [6, 6.07) is -0.298. The van der Waals surface area contributed by atoms with E-state index in [1.54, 1.807) is 0 Å². The van der Waals surface area contributed by atoms with E-state index in [1.165, 1.54) is 0 Å². The van der Waals surface area contributed by atoms with Crippen LogP contribution in [-0.4, -0.2) is 54.1 Å². The van der Waals surface area contributed by atoms with Gasteiger partial charge in [-0.05, 0) is 38.6 Å². The number of carbonyl (C=O) groups excluding carboxylic acids is 2. The van der Waals surface area contributed by atoms with E-state index in [2.05, 4.69) is 5.32 Å². The van der Waals surface area contributed by atoms with Gasteiger partial charge in [0.15, 0.2) is 0 Å². The molecule has 0 aromatic carbocycles. The van der Waals surface area contributed by atoms with E-state index in [4.69, 9.17) is 10.8 Å². The smallest absolute Gasteiger partial charge is 0.239 e. The van der Waals surface area contributed by atoms with Gasteiger partial charge >= 0.3 is 0 Å². The molecule has 2 amide bonds. The van der Waals surface area contributed by atoms with E-state index in [9.17, 15) is 9.59 Å². The third kappa shape index (κ3) is 7.43. The fourth-order valence-corrected chi connectivity index (χ4v) is 2.62. The number of nitrogens with zero attached hydrogens (tertiary/aromatic N) is 1. The first-order valence-electron chi connectivity index (χ1n) is 8.06. The lowest BCUT2D eigenvalue weighted by atomic mass is 10.1. The molecule has 4 N–H and O–H groups in total. The van der Waals surface area contributed by atoms with Gasteiger partial charge in [0.05, 0.1) is 6.04 Å². The number of hydrogen-bond acceptors (Lipinski definition) is 4. The van der Waals surface area contributed by atoms with Crippen LogP contribution in [0, 0.1) is 0 Å². The number of aliphatic hydroxyl groups excluding tert-OH is 1. The second-order valence-electron chi connectivity index (χ2n) is 5.68. The molecule has 6 nitrogen and oxygen atoms in total. The number of aliphatic hydroxyl groups is 1. The van der Waals surface area contributed by atoms with Gasteiger partial charge in [0.25, 0.3) is 0 Å². The Morgan fingerprint density at radius 2 is 1.81 bits per heavy atom. The highest BCUT2D eigenvalue weighted by atomic mass is 16.3. The number of rotatable bonds is 11. The Bertz CT molecular complexity index is 317. The van der Waals surface area contributed by atoms with E-state index in [0.29, 0.717) is 6.42 Å². The fraction of sp³-hybridized carbons (Fsp3) is 0.867. The molecule has 0 spiro atoms. The molecule has 1 atom stereocenters. The SMILES string of the molecule is NC(=O)CC[C@H](NCCCCCCO)C(=O)N1CCCC1. The maximum Gasteiger partial charge on any atom is 0.239 e. The first-order valence-corrected chi connectivity index (χ1v) is 8.06. The molecule has 1 heterocycles. The highest BCUT2D eigenvalue weighted by Crippen LogP contribution is 2.11. The molecule has 1 saturated heterocycles. The molecule has 0 aliphatic carbocycles. The van der Waals surface area contributed by atoms with Crippen LogP contribution in [0.2, 0.25) is 0 Å². The summed E-state index contributed by atoms with van der Waals surface area (Å²) in [6.07, 6.45) is 6.68. The van der Waals surface area contributed by atoms with E-state index >= 15 is 0 Å². The quantitative estimate of drug-likeness (QED) is 0.481. The maximum atomic E-state index is 12.4.